The maximum atomic E-state index is 12.6. The average molecular weight is 307 g/mol. The van der Waals surface area contributed by atoms with Crippen LogP contribution in [0.25, 0.3) is 0 Å². The highest BCUT2D eigenvalue weighted by Crippen LogP contribution is 2.30. The largest absolute Gasteiger partial charge is 0.416 e. The molecule has 0 aromatic heterocycles. The van der Waals surface area contributed by atoms with Crippen molar-refractivity contribution < 1.29 is 17.4 Å². The molecule has 1 aromatic carbocycles. The Labute approximate surface area is 120 Å². The van der Waals surface area contributed by atoms with Crippen LogP contribution in [0.3, 0.4) is 0 Å². The summed E-state index contributed by atoms with van der Waals surface area (Å²) in [5, 5.41) is 3.21. The molecule has 0 saturated carbocycles. The van der Waals surface area contributed by atoms with Gasteiger partial charge in [-0.1, -0.05) is 26.3 Å². The molecule has 1 aromatic rings. The number of nitrogens with one attached hydrogen (secondary N) is 1. The van der Waals surface area contributed by atoms with Crippen LogP contribution in [0.15, 0.2) is 29.2 Å². The average Bonchev–Trinajstić information content (AvgIpc) is 2.38. The van der Waals surface area contributed by atoms with E-state index in [-0.39, 0.29) is 10.9 Å². The molecule has 0 heterocycles. The van der Waals surface area contributed by atoms with Gasteiger partial charge in [0.05, 0.1) is 16.4 Å². The Kier molecular flexibility index (Phi) is 6.68. The molecule has 0 fully saturated rings. The Morgan fingerprint density at radius 2 is 2.00 bits per heavy atom. The summed E-state index contributed by atoms with van der Waals surface area (Å²) in [6.07, 6.45) is -2.60. The second-order valence-electron chi connectivity index (χ2n) is 4.58. The third kappa shape index (κ3) is 5.25. The molecule has 0 radical (unpaired) electrons. The molecular weight excluding hydrogens is 287 g/mol. The van der Waals surface area contributed by atoms with Gasteiger partial charge in [0.15, 0.2) is 0 Å². The van der Waals surface area contributed by atoms with Crippen molar-refractivity contribution in [2.24, 2.45) is 0 Å². The monoisotopic (exact) mass is 307 g/mol. The third-order valence-electron chi connectivity index (χ3n) is 2.91. The van der Waals surface area contributed by atoms with Crippen molar-refractivity contribution >= 4 is 10.8 Å². The normalized spacial score (nSPS) is 15.1. The first-order chi connectivity index (χ1) is 9.38. The Morgan fingerprint density at radius 1 is 1.30 bits per heavy atom. The van der Waals surface area contributed by atoms with Crippen LogP contribution >= 0.6 is 0 Å². The lowest BCUT2D eigenvalue weighted by Crippen LogP contribution is -2.33. The summed E-state index contributed by atoms with van der Waals surface area (Å²) in [4.78, 5) is 0.235. The van der Waals surface area contributed by atoms with Crippen molar-refractivity contribution in [2.75, 3.05) is 12.3 Å². The number of halogens is 3. The second kappa shape index (κ2) is 7.78. The molecule has 0 bridgehead atoms. The smallest absolute Gasteiger partial charge is 0.313 e. The summed E-state index contributed by atoms with van der Waals surface area (Å²) < 4.78 is 50.1. The van der Waals surface area contributed by atoms with Crippen molar-refractivity contribution in [3.05, 3.63) is 29.8 Å². The fourth-order valence-corrected chi connectivity index (χ4v) is 3.31. The lowest BCUT2D eigenvalue weighted by Gasteiger charge is -2.17. The minimum absolute atomic E-state index is 0.0698. The van der Waals surface area contributed by atoms with E-state index < -0.39 is 22.5 Å². The second-order valence-corrected chi connectivity index (χ2v) is 6.08. The van der Waals surface area contributed by atoms with Crippen LogP contribution in [0, 0.1) is 0 Å². The SMILES string of the molecule is CCCC(CS(=O)c1cccc(C(F)(F)F)c1)NCC. The van der Waals surface area contributed by atoms with Gasteiger partial charge in [0.2, 0.25) is 0 Å². The molecule has 6 heteroatoms. The molecule has 2 unspecified atom stereocenters. The predicted molar refractivity (Wildman–Crippen MR) is 75.1 cm³/mol. The highest BCUT2D eigenvalue weighted by atomic mass is 32.2. The van der Waals surface area contributed by atoms with Gasteiger partial charge in [0.1, 0.15) is 0 Å². The molecule has 0 aliphatic rings. The summed E-state index contributed by atoms with van der Waals surface area (Å²) in [6.45, 7) is 4.73. The summed E-state index contributed by atoms with van der Waals surface area (Å²) in [6, 6.07) is 4.83. The zero-order valence-electron chi connectivity index (χ0n) is 11.7. The van der Waals surface area contributed by atoms with Gasteiger partial charge in [0.25, 0.3) is 0 Å². The predicted octanol–water partition coefficient (Wildman–Crippen LogP) is 3.59. The number of hydrogen-bond acceptors (Lipinski definition) is 2. The van der Waals surface area contributed by atoms with Gasteiger partial charge < -0.3 is 5.32 Å². The minimum atomic E-state index is -4.40. The van der Waals surface area contributed by atoms with E-state index in [1.165, 1.54) is 12.1 Å². The molecule has 0 spiro atoms. The van der Waals surface area contributed by atoms with Crippen LogP contribution in [-0.4, -0.2) is 22.5 Å². The maximum absolute atomic E-state index is 12.6. The summed E-state index contributed by atoms with van der Waals surface area (Å²) >= 11 is 0. The Bertz CT molecular complexity index is 442. The van der Waals surface area contributed by atoms with Crippen LogP contribution < -0.4 is 5.32 Å². The lowest BCUT2D eigenvalue weighted by molar-refractivity contribution is -0.137. The van der Waals surface area contributed by atoms with E-state index in [0.717, 1.165) is 31.5 Å². The van der Waals surface area contributed by atoms with E-state index in [9.17, 15) is 17.4 Å². The van der Waals surface area contributed by atoms with Crippen molar-refractivity contribution in [3.63, 3.8) is 0 Å². The first-order valence-electron chi connectivity index (χ1n) is 6.67. The van der Waals surface area contributed by atoms with E-state index in [1.807, 2.05) is 13.8 Å². The van der Waals surface area contributed by atoms with Crippen LogP contribution in [0.1, 0.15) is 32.3 Å². The van der Waals surface area contributed by atoms with Gasteiger partial charge in [-0.3, -0.25) is 4.21 Å². The Hall–Kier alpha value is -0.880. The van der Waals surface area contributed by atoms with Crippen molar-refractivity contribution in [1.82, 2.24) is 5.32 Å². The van der Waals surface area contributed by atoms with Gasteiger partial charge in [-0.05, 0) is 31.2 Å². The molecular formula is C14H20F3NOS. The molecule has 0 aliphatic heterocycles. The molecule has 114 valence electrons. The van der Waals surface area contributed by atoms with Crippen LogP contribution in [-0.2, 0) is 17.0 Å². The first kappa shape index (κ1) is 17.2. The molecule has 0 aliphatic carbocycles. The zero-order valence-corrected chi connectivity index (χ0v) is 12.5. The lowest BCUT2D eigenvalue weighted by atomic mass is 10.2. The van der Waals surface area contributed by atoms with Gasteiger partial charge in [-0.2, -0.15) is 13.2 Å². The Morgan fingerprint density at radius 3 is 2.55 bits per heavy atom. The maximum Gasteiger partial charge on any atom is 0.416 e. The quantitative estimate of drug-likeness (QED) is 0.834. The van der Waals surface area contributed by atoms with Crippen molar-refractivity contribution in [2.45, 2.75) is 43.8 Å². The van der Waals surface area contributed by atoms with Gasteiger partial charge in [-0.25, -0.2) is 0 Å². The summed E-state index contributed by atoms with van der Waals surface area (Å²) in [5.41, 5.74) is -0.751. The molecule has 2 atom stereocenters. The highest BCUT2D eigenvalue weighted by Gasteiger charge is 2.30. The van der Waals surface area contributed by atoms with E-state index in [4.69, 9.17) is 0 Å². The number of alkyl halides is 3. The highest BCUT2D eigenvalue weighted by molar-refractivity contribution is 7.85. The summed E-state index contributed by atoms with van der Waals surface area (Å²) in [5.74, 6) is 0.336. The molecule has 0 amide bonds. The van der Waals surface area contributed by atoms with Crippen LogP contribution in [0.2, 0.25) is 0 Å². The van der Waals surface area contributed by atoms with E-state index >= 15 is 0 Å². The zero-order chi connectivity index (χ0) is 15.2. The molecule has 1 N–H and O–H groups in total. The van der Waals surface area contributed by atoms with E-state index in [0.29, 0.717) is 5.75 Å². The standard InChI is InChI=1S/C14H20F3NOS/c1-3-6-12(18-4-2)10-20(19)13-8-5-7-11(9-13)14(15,16)17/h5,7-9,12,18H,3-4,6,10H2,1-2H3. The Balaban J connectivity index is 2.81. The minimum Gasteiger partial charge on any atom is -0.313 e. The van der Waals surface area contributed by atoms with Gasteiger partial charge in [0, 0.05) is 16.7 Å². The number of rotatable bonds is 7. The van der Waals surface area contributed by atoms with Gasteiger partial charge in [-0.15, -0.1) is 0 Å². The molecule has 0 saturated heterocycles. The summed E-state index contributed by atoms with van der Waals surface area (Å²) in [7, 11) is -1.42. The van der Waals surface area contributed by atoms with Crippen molar-refractivity contribution in [3.8, 4) is 0 Å². The van der Waals surface area contributed by atoms with Crippen LogP contribution in [0.5, 0.6) is 0 Å². The topological polar surface area (TPSA) is 29.1 Å². The first-order valence-corrected chi connectivity index (χ1v) is 7.99. The molecule has 20 heavy (non-hydrogen) atoms. The number of hydrogen-bond donors (Lipinski definition) is 1. The van der Waals surface area contributed by atoms with Crippen LogP contribution in [0.4, 0.5) is 13.2 Å². The van der Waals surface area contributed by atoms with Crippen molar-refractivity contribution in [1.29, 1.82) is 0 Å². The number of benzene rings is 1. The fourth-order valence-electron chi connectivity index (χ4n) is 1.97. The van der Waals surface area contributed by atoms with E-state index in [1.54, 1.807) is 0 Å². The van der Waals surface area contributed by atoms with Gasteiger partial charge >= 0.3 is 6.18 Å². The van der Waals surface area contributed by atoms with E-state index in [2.05, 4.69) is 5.32 Å². The molecule has 2 nitrogen and oxygen atoms in total. The third-order valence-corrected chi connectivity index (χ3v) is 4.39. The molecule has 1 rings (SSSR count). The fraction of sp³-hybridized carbons (Fsp3) is 0.571.